The second-order valence-electron chi connectivity index (χ2n) is 4.66. The van der Waals surface area contributed by atoms with Gasteiger partial charge >= 0.3 is 6.03 Å². The second kappa shape index (κ2) is 8.78. The number of carbonyl (C=O) groups is 2. The Morgan fingerprint density at radius 1 is 1.38 bits per heavy atom. The summed E-state index contributed by atoms with van der Waals surface area (Å²) in [6.07, 6.45) is 4.25. The van der Waals surface area contributed by atoms with Crippen LogP contribution in [0.4, 0.5) is 10.5 Å². The maximum Gasteiger partial charge on any atom is 0.317 e. The Morgan fingerprint density at radius 3 is 2.76 bits per heavy atom. The number of hydrogen-bond donors (Lipinski definition) is 3. The molecule has 0 bridgehead atoms. The molecule has 0 fully saturated rings. The zero-order valence-electron chi connectivity index (χ0n) is 12.7. The standard InChI is InChI=1S/C14H23N5O2/c1-11(13(20)15-2)19(3)14(21)18-9-5-8-17-12-6-4-7-16-10-12/h4,6-7,10-11,17H,5,8-9H2,1-3H3,(H,15,20)(H,18,21)/t11-/m0/s1. The van der Waals surface area contributed by atoms with Gasteiger partial charge in [0.05, 0.1) is 5.69 Å². The van der Waals surface area contributed by atoms with Gasteiger partial charge in [-0.25, -0.2) is 4.79 Å². The largest absolute Gasteiger partial charge is 0.384 e. The molecule has 0 unspecified atom stereocenters. The fraction of sp³-hybridized carbons (Fsp3) is 0.500. The molecule has 7 nitrogen and oxygen atoms in total. The first-order valence-electron chi connectivity index (χ1n) is 6.92. The number of rotatable bonds is 7. The van der Waals surface area contributed by atoms with E-state index in [2.05, 4.69) is 20.9 Å². The Labute approximate surface area is 125 Å². The first-order valence-corrected chi connectivity index (χ1v) is 6.92. The molecule has 1 aromatic heterocycles. The molecule has 7 heteroatoms. The van der Waals surface area contributed by atoms with Crippen molar-refractivity contribution < 1.29 is 9.59 Å². The van der Waals surface area contributed by atoms with E-state index in [0.717, 1.165) is 18.7 Å². The normalized spacial score (nSPS) is 11.4. The molecule has 0 saturated heterocycles. The van der Waals surface area contributed by atoms with Crippen LogP contribution in [0, 0.1) is 0 Å². The number of nitrogens with one attached hydrogen (secondary N) is 3. The molecule has 0 aromatic carbocycles. The molecule has 1 rings (SSSR count). The quantitative estimate of drug-likeness (QED) is 0.645. The topological polar surface area (TPSA) is 86.4 Å². The van der Waals surface area contributed by atoms with E-state index >= 15 is 0 Å². The molecule has 0 saturated carbocycles. The number of urea groups is 1. The van der Waals surface area contributed by atoms with Crippen molar-refractivity contribution in [1.29, 1.82) is 0 Å². The Bertz CT molecular complexity index is 452. The third-order valence-corrected chi connectivity index (χ3v) is 3.15. The number of aromatic nitrogens is 1. The second-order valence-corrected chi connectivity index (χ2v) is 4.66. The van der Waals surface area contributed by atoms with Crippen LogP contribution in [0.25, 0.3) is 0 Å². The molecule has 1 atom stereocenters. The lowest BCUT2D eigenvalue weighted by Crippen LogP contribution is -2.49. The minimum Gasteiger partial charge on any atom is -0.384 e. The third kappa shape index (κ3) is 5.68. The van der Waals surface area contributed by atoms with Gasteiger partial charge in [0, 0.05) is 39.6 Å². The lowest BCUT2D eigenvalue weighted by molar-refractivity contribution is -0.124. The predicted octanol–water partition coefficient (Wildman–Crippen LogP) is 0.660. The first kappa shape index (κ1) is 16.7. The number of pyridine rings is 1. The summed E-state index contributed by atoms with van der Waals surface area (Å²) in [4.78, 5) is 28.7. The van der Waals surface area contributed by atoms with Crippen LogP contribution in [-0.4, -0.2) is 55.0 Å². The number of likely N-dealkylation sites (N-methyl/N-ethyl adjacent to an activating group) is 2. The third-order valence-electron chi connectivity index (χ3n) is 3.15. The zero-order chi connectivity index (χ0) is 15.7. The summed E-state index contributed by atoms with van der Waals surface area (Å²) in [6.45, 7) is 2.96. The molecule has 0 aliphatic rings. The smallest absolute Gasteiger partial charge is 0.317 e. The Hall–Kier alpha value is -2.31. The van der Waals surface area contributed by atoms with E-state index in [9.17, 15) is 9.59 Å². The molecule has 0 spiro atoms. The predicted molar refractivity (Wildman–Crippen MR) is 82.0 cm³/mol. The van der Waals surface area contributed by atoms with Crippen molar-refractivity contribution in [3.63, 3.8) is 0 Å². The van der Waals surface area contributed by atoms with Crippen LogP contribution >= 0.6 is 0 Å². The highest BCUT2D eigenvalue weighted by Crippen LogP contribution is 2.01. The monoisotopic (exact) mass is 293 g/mol. The van der Waals surface area contributed by atoms with E-state index in [1.165, 1.54) is 4.90 Å². The van der Waals surface area contributed by atoms with Gasteiger partial charge in [0.2, 0.25) is 5.91 Å². The molecule has 0 radical (unpaired) electrons. The van der Waals surface area contributed by atoms with Crippen molar-refractivity contribution in [1.82, 2.24) is 20.5 Å². The highest BCUT2D eigenvalue weighted by molar-refractivity contribution is 5.86. The molecule has 3 N–H and O–H groups in total. The number of anilines is 1. The summed E-state index contributed by atoms with van der Waals surface area (Å²) < 4.78 is 0. The Kier molecular flexibility index (Phi) is 7.00. The van der Waals surface area contributed by atoms with Crippen molar-refractivity contribution in [2.24, 2.45) is 0 Å². The fourth-order valence-corrected chi connectivity index (χ4v) is 1.67. The first-order chi connectivity index (χ1) is 10.1. The highest BCUT2D eigenvalue weighted by Gasteiger charge is 2.20. The minimum absolute atomic E-state index is 0.189. The minimum atomic E-state index is -0.497. The van der Waals surface area contributed by atoms with Crippen molar-refractivity contribution in [2.75, 3.05) is 32.5 Å². The average molecular weight is 293 g/mol. The maximum atomic E-state index is 11.8. The summed E-state index contributed by atoms with van der Waals surface area (Å²) in [5, 5.41) is 8.50. The van der Waals surface area contributed by atoms with E-state index in [-0.39, 0.29) is 11.9 Å². The summed E-state index contributed by atoms with van der Waals surface area (Å²) in [5.41, 5.74) is 0.953. The van der Waals surface area contributed by atoms with Gasteiger partial charge in [-0.3, -0.25) is 9.78 Å². The molecule has 3 amide bonds. The van der Waals surface area contributed by atoms with Crippen molar-refractivity contribution in [2.45, 2.75) is 19.4 Å². The number of nitrogens with zero attached hydrogens (tertiary/aromatic N) is 2. The van der Waals surface area contributed by atoms with E-state index < -0.39 is 6.04 Å². The van der Waals surface area contributed by atoms with Crippen LogP contribution < -0.4 is 16.0 Å². The lowest BCUT2D eigenvalue weighted by Gasteiger charge is -2.23. The SMILES string of the molecule is CNC(=O)[C@H](C)N(C)C(=O)NCCCNc1cccnc1. The van der Waals surface area contributed by atoms with Crippen molar-refractivity contribution >= 4 is 17.6 Å². The van der Waals surface area contributed by atoms with E-state index in [4.69, 9.17) is 0 Å². The Morgan fingerprint density at radius 2 is 2.14 bits per heavy atom. The number of hydrogen-bond acceptors (Lipinski definition) is 4. The fourth-order valence-electron chi connectivity index (χ4n) is 1.67. The number of amides is 3. The van der Waals surface area contributed by atoms with E-state index in [1.54, 1.807) is 33.4 Å². The molecule has 0 aliphatic heterocycles. The van der Waals surface area contributed by atoms with Crippen LogP contribution in [0.1, 0.15) is 13.3 Å². The van der Waals surface area contributed by atoms with Gasteiger partial charge in [-0.15, -0.1) is 0 Å². The van der Waals surface area contributed by atoms with Gasteiger partial charge < -0.3 is 20.9 Å². The molecule has 1 aromatic rings. The number of carbonyl (C=O) groups excluding carboxylic acids is 2. The van der Waals surface area contributed by atoms with E-state index in [1.807, 2.05) is 12.1 Å². The van der Waals surface area contributed by atoms with Gasteiger partial charge in [-0.05, 0) is 25.5 Å². The summed E-state index contributed by atoms with van der Waals surface area (Å²) in [6, 6.07) is 3.04. The molecule has 1 heterocycles. The zero-order valence-corrected chi connectivity index (χ0v) is 12.7. The van der Waals surface area contributed by atoms with Gasteiger partial charge in [0.15, 0.2) is 0 Å². The Balaban J connectivity index is 2.20. The molecular weight excluding hydrogens is 270 g/mol. The lowest BCUT2D eigenvalue weighted by atomic mass is 10.3. The van der Waals surface area contributed by atoms with Crippen molar-refractivity contribution in [3.05, 3.63) is 24.5 Å². The highest BCUT2D eigenvalue weighted by atomic mass is 16.2. The van der Waals surface area contributed by atoms with Crippen LogP contribution in [0.5, 0.6) is 0 Å². The summed E-state index contributed by atoms with van der Waals surface area (Å²) in [7, 11) is 3.15. The van der Waals surface area contributed by atoms with Crippen LogP contribution in [0.3, 0.4) is 0 Å². The molecule has 0 aliphatic carbocycles. The average Bonchev–Trinajstić information content (AvgIpc) is 2.53. The van der Waals surface area contributed by atoms with Crippen LogP contribution in [0.15, 0.2) is 24.5 Å². The van der Waals surface area contributed by atoms with Crippen LogP contribution in [-0.2, 0) is 4.79 Å². The maximum absolute atomic E-state index is 11.8. The van der Waals surface area contributed by atoms with Crippen LogP contribution in [0.2, 0.25) is 0 Å². The molecule has 116 valence electrons. The van der Waals surface area contributed by atoms with Gasteiger partial charge in [-0.2, -0.15) is 0 Å². The van der Waals surface area contributed by atoms with Gasteiger partial charge in [0.25, 0.3) is 0 Å². The van der Waals surface area contributed by atoms with Crippen molar-refractivity contribution in [3.8, 4) is 0 Å². The summed E-state index contributed by atoms with van der Waals surface area (Å²) in [5.74, 6) is -0.189. The van der Waals surface area contributed by atoms with Gasteiger partial charge in [-0.1, -0.05) is 0 Å². The molecular formula is C14H23N5O2. The van der Waals surface area contributed by atoms with Gasteiger partial charge in [0.1, 0.15) is 6.04 Å². The van der Waals surface area contributed by atoms with E-state index in [0.29, 0.717) is 6.54 Å². The summed E-state index contributed by atoms with van der Waals surface area (Å²) >= 11 is 0. The molecule has 21 heavy (non-hydrogen) atoms.